The van der Waals surface area contributed by atoms with Gasteiger partial charge in [-0.15, -0.1) is 0 Å². The van der Waals surface area contributed by atoms with E-state index in [9.17, 15) is 9.50 Å². The summed E-state index contributed by atoms with van der Waals surface area (Å²) < 4.78 is 13.5. The van der Waals surface area contributed by atoms with Gasteiger partial charge in [0, 0.05) is 30.7 Å². The van der Waals surface area contributed by atoms with Crippen molar-refractivity contribution in [3.63, 3.8) is 0 Å². The maximum Gasteiger partial charge on any atom is 0.127 e. The van der Waals surface area contributed by atoms with Crippen molar-refractivity contribution >= 4 is 0 Å². The van der Waals surface area contributed by atoms with Crippen LogP contribution in [0.1, 0.15) is 37.8 Å². The lowest BCUT2D eigenvalue weighted by Gasteiger charge is -2.29. The summed E-state index contributed by atoms with van der Waals surface area (Å²) in [5.41, 5.74) is 1.67. The summed E-state index contributed by atoms with van der Waals surface area (Å²) in [6.45, 7) is 7.50. The van der Waals surface area contributed by atoms with E-state index < -0.39 is 0 Å². The Morgan fingerprint density at radius 3 is 2.50 bits per heavy atom. The quantitative estimate of drug-likeness (QED) is 0.783. The molecule has 0 unspecified atom stereocenters. The Bertz CT molecular complexity index is 366. The predicted octanol–water partition coefficient (Wildman–Crippen LogP) is 3.02. The van der Waals surface area contributed by atoms with E-state index in [1.54, 1.807) is 6.07 Å². The summed E-state index contributed by atoms with van der Waals surface area (Å²) in [5.74, 6) is -0.171. The highest BCUT2D eigenvalue weighted by Crippen LogP contribution is 2.24. The van der Waals surface area contributed by atoms with Gasteiger partial charge in [-0.05, 0) is 25.8 Å². The molecule has 0 aliphatic heterocycles. The summed E-state index contributed by atoms with van der Waals surface area (Å²) >= 11 is 0. The molecular formula is C15H24FNO. The molecule has 0 bridgehead atoms. The van der Waals surface area contributed by atoms with Gasteiger partial charge in [-0.3, -0.25) is 0 Å². The molecule has 0 aromatic heterocycles. The zero-order valence-corrected chi connectivity index (χ0v) is 11.6. The molecule has 0 aliphatic rings. The lowest BCUT2D eigenvalue weighted by molar-refractivity contribution is 0.113. The van der Waals surface area contributed by atoms with Crippen LogP contribution in [-0.2, 0) is 6.54 Å². The van der Waals surface area contributed by atoms with Crippen molar-refractivity contribution in [1.29, 1.82) is 0 Å². The first-order valence-electron chi connectivity index (χ1n) is 6.63. The van der Waals surface area contributed by atoms with Crippen molar-refractivity contribution in [3.8, 4) is 0 Å². The van der Waals surface area contributed by atoms with Gasteiger partial charge in [0.1, 0.15) is 5.82 Å². The van der Waals surface area contributed by atoms with Gasteiger partial charge in [0.25, 0.3) is 0 Å². The molecular weight excluding hydrogens is 229 g/mol. The maximum absolute atomic E-state index is 13.5. The molecule has 2 N–H and O–H groups in total. The predicted molar refractivity (Wildman–Crippen MR) is 72.9 cm³/mol. The van der Waals surface area contributed by atoms with E-state index in [1.165, 1.54) is 6.07 Å². The van der Waals surface area contributed by atoms with Gasteiger partial charge in [-0.25, -0.2) is 4.39 Å². The number of aryl methyl sites for hydroxylation is 1. The summed E-state index contributed by atoms with van der Waals surface area (Å²) in [7, 11) is 0. The zero-order chi connectivity index (χ0) is 13.6. The van der Waals surface area contributed by atoms with E-state index in [0.29, 0.717) is 18.7 Å². The van der Waals surface area contributed by atoms with E-state index in [-0.39, 0.29) is 17.8 Å². The van der Waals surface area contributed by atoms with Gasteiger partial charge < -0.3 is 10.4 Å². The Morgan fingerprint density at radius 2 is 1.94 bits per heavy atom. The van der Waals surface area contributed by atoms with Gasteiger partial charge in [0.15, 0.2) is 0 Å². The first kappa shape index (κ1) is 15.1. The van der Waals surface area contributed by atoms with E-state index in [4.69, 9.17) is 0 Å². The topological polar surface area (TPSA) is 32.3 Å². The highest BCUT2D eigenvalue weighted by molar-refractivity contribution is 5.23. The van der Waals surface area contributed by atoms with Crippen molar-refractivity contribution in [3.05, 3.63) is 35.1 Å². The third-order valence-corrected chi connectivity index (χ3v) is 3.85. The number of hydrogen-bond acceptors (Lipinski definition) is 2. The van der Waals surface area contributed by atoms with E-state index in [0.717, 1.165) is 18.4 Å². The molecule has 0 saturated carbocycles. The van der Waals surface area contributed by atoms with Crippen molar-refractivity contribution in [2.75, 3.05) is 13.2 Å². The molecule has 1 rings (SSSR count). The molecule has 1 aromatic carbocycles. The monoisotopic (exact) mass is 253 g/mol. The SMILES string of the molecule is CCC(CC)(CO)CNCc1cc(C)ccc1F. The molecule has 2 nitrogen and oxygen atoms in total. The number of halogens is 1. The fraction of sp³-hybridized carbons (Fsp3) is 0.600. The molecule has 102 valence electrons. The Hall–Kier alpha value is -0.930. The number of benzene rings is 1. The van der Waals surface area contributed by atoms with Crippen molar-refractivity contribution in [1.82, 2.24) is 5.32 Å². The number of rotatable bonds is 7. The normalized spacial score (nSPS) is 11.8. The van der Waals surface area contributed by atoms with Crippen LogP contribution in [0.3, 0.4) is 0 Å². The lowest BCUT2D eigenvalue weighted by atomic mass is 9.83. The van der Waals surface area contributed by atoms with Crippen molar-refractivity contribution < 1.29 is 9.50 Å². The smallest absolute Gasteiger partial charge is 0.127 e. The number of aliphatic hydroxyl groups is 1. The summed E-state index contributed by atoms with van der Waals surface area (Å²) in [5, 5.41) is 12.7. The minimum Gasteiger partial charge on any atom is -0.396 e. The Labute approximate surface area is 109 Å². The Morgan fingerprint density at radius 1 is 1.28 bits per heavy atom. The molecule has 0 aliphatic carbocycles. The van der Waals surface area contributed by atoms with Crippen LogP contribution in [0.25, 0.3) is 0 Å². The molecule has 1 aromatic rings. The highest BCUT2D eigenvalue weighted by Gasteiger charge is 2.24. The minimum atomic E-state index is -0.171. The van der Waals surface area contributed by atoms with Gasteiger partial charge >= 0.3 is 0 Å². The summed E-state index contributed by atoms with van der Waals surface area (Å²) in [6, 6.07) is 5.14. The van der Waals surface area contributed by atoms with Gasteiger partial charge in [0.05, 0.1) is 0 Å². The van der Waals surface area contributed by atoms with Crippen LogP contribution in [0.5, 0.6) is 0 Å². The molecule has 18 heavy (non-hydrogen) atoms. The first-order valence-corrected chi connectivity index (χ1v) is 6.63. The second-order valence-corrected chi connectivity index (χ2v) is 5.06. The van der Waals surface area contributed by atoms with Gasteiger partial charge in [-0.1, -0.05) is 31.5 Å². The van der Waals surface area contributed by atoms with Crippen LogP contribution in [-0.4, -0.2) is 18.3 Å². The maximum atomic E-state index is 13.5. The zero-order valence-electron chi connectivity index (χ0n) is 11.6. The average molecular weight is 253 g/mol. The molecule has 0 radical (unpaired) electrons. The molecule has 0 saturated heterocycles. The molecule has 3 heteroatoms. The Balaban J connectivity index is 2.57. The lowest BCUT2D eigenvalue weighted by Crippen LogP contribution is -2.36. The molecule has 0 spiro atoms. The van der Waals surface area contributed by atoms with E-state index in [2.05, 4.69) is 19.2 Å². The minimum absolute atomic E-state index is 0.0830. The van der Waals surface area contributed by atoms with Gasteiger partial charge in [-0.2, -0.15) is 0 Å². The van der Waals surface area contributed by atoms with Crippen LogP contribution in [0, 0.1) is 18.2 Å². The van der Waals surface area contributed by atoms with Crippen LogP contribution in [0.15, 0.2) is 18.2 Å². The standard InChI is InChI=1S/C15H24FNO/c1-4-15(5-2,11-18)10-17-9-13-8-12(3)6-7-14(13)16/h6-8,17-18H,4-5,9-11H2,1-3H3. The number of aliphatic hydroxyl groups excluding tert-OH is 1. The highest BCUT2D eigenvalue weighted by atomic mass is 19.1. The Kier molecular flexibility index (Phi) is 5.76. The molecule has 0 heterocycles. The van der Waals surface area contributed by atoms with Gasteiger partial charge in [0.2, 0.25) is 0 Å². The third-order valence-electron chi connectivity index (χ3n) is 3.85. The van der Waals surface area contributed by atoms with E-state index >= 15 is 0 Å². The van der Waals surface area contributed by atoms with E-state index in [1.807, 2.05) is 13.0 Å². The first-order chi connectivity index (χ1) is 8.56. The third kappa shape index (κ3) is 3.79. The largest absolute Gasteiger partial charge is 0.396 e. The molecule has 0 amide bonds. The second kappa shape index (κ2) is 6.86. The van der Waals surface area contributed by atoms with Crippen LogP contribution >= 0.6 is 0 Å². The second-order valence-electron chi connectivity index (χ2n) is 5.06. The van der Waals surface area contributed by atoms with Crippen molar-refractivity contribution in [2.45, 2.75) is 40.2 Å². The summed E-state index contributed by atoms with van der Waals surface area (Å²) in [6.07, 6.45) is 1.84. The van der Waals surface area contributed by atoms with Crippen molar-refractivity contribution in [2.24, 2.45) is 5.41 Å². The number of nitrogens with one attached hydrogen (secondary N) is 1. The number of hydrogen-bond donors (Lipinski definition) is 2. The molecule has 0 atom stereocenters. The fourth-order valence-electron chi connectivity index (χ4n) is 2.08. The van der Waals surface area contributed by atoms with Crippen LogP contribution in [0.4, 0.5) is 4.39 Å². The van der Waals surface area contributed by atoms with Crippen LogP contribution in [0.2, 0.25) is 0 Å². The van der Waals surface area contributed by atoms with Crippen LogP contribution < -0.4 is 5.32 Å². The average Bonchev–Trinajstić information content (AvgIpc) is 2.39. The molecule has 0 fully saturated rings. The fourth-order valence-corrected chi connectivity index (χ4v) is 2.08. The summed E-state index contributed by atoms with van der Waals surface area (Å²) in [4.78, 5) is 0.